The highest BCUT2D eigenvalue weighted by Gasteiger charge is 2.10. The highest BCUT2D eigenvalue weighted by molar-refractivity contribution is 5.92. The Hall–Kier alpha value is -3.09. The number of hydrogen-bond acceptors (Lipinski definition) is 5. The topological polar surface area (TPSA) is 90.7 Å². The first-order valence-electron chi connectivity index (χ1n) is 6.40. The lowest BCUT2D eigenvalue weighted by molar-refractivity contribution is -0.384. The van der Waals surface area contributed by atoms with E-state index in [1.54, 1.807) is 30.3 Å². The Balaban J connectivity index is 1.96. The van der Waals surface area contributed by atoms with Crippen molar-refractivity contribution in [3.8, 4) is 11.5 Å². The van der Waals surface area contributed by atoms with E-state index in [0.29, 0.717) is 17.2 Å². The van der Waals surface area contributed by atoms with Crippen molar-refractivity contribution in [2.24, 2.45) is 0 Å². The molecule has 2 rings (SSSR count). The van der Waals surface area contributed by atoms with E-state index in [1.807, 2.05) is 0 Å². The van der Waals surface area contributed by atoms with Crippen LogP contribution in [-0.4, -0.2) is 24.5 Å². The lowest BCUT2D eigenvalue weighted by atomic mass is 10.3. The molecule has 0 aliphatic heterocycles. The summed E-state index contributed by atoms with van der Waals surface area (Å²) in [4.78, 5) is 22.0. The van der Waals surface area contributed by atoms with Gasteiger partial charge in [0, 0.05) is 17.8 Å². The lowest BCUT2D eigenvalue weighted by Gasteiger charge is -2.10. The first kappa shape index (κ1) is 15.3. The fraction of sp³-hybridized carbons (Fsp3) is 0.133. The third-order valence-electron chi connectivity index (χ3n) is 2.77. The van der Waals surface area contributed by atoms with Crippen LogP contribution in [0.3, 0.4) is 0 Å². The lowest BCUT2D eigenvalue weighted by Crippen LogP contribution is -2.20. The molecule has 22 heavy (non-hydrogen) atoms. The predicted molar refractivity (Wildman–Crippen MR) is 80.2 cm³/mol. The van der Waals surface area contributed by atoms with Gasteiger partial charge in [0.15, 0.2) is 18.1 Å². The second kappa shape index (κ2) is 7.07. The van der Waals surface area contributed by atoms with Gasteiger partial charge in [-0.25, -0.2) is 0 Å². The number of nitrogens with zero attached hydrogens (tertiary/aromatic N) is 1. The highest BCUT2D eigenvalue weighted by Crippen LogP contribution is 2.25. The maximum atomic E-state index is 11.8. The average molecular weight is 302 g/mol. The van der Waals surface area contributed by atoms with Crippen LogP contribution in [0.25, 0.3) is 0 Å². The SMILES string of the molecule is COc1ccccc1OCC(=O)Nc1cccc([N+](=O)[O-])c1. The largest absolute Gasteiger partial charge is 0.493 e. The second-order valence-electron chi connectivity index (χ2n) is 4.30. The van der Waals surface area contributed by atoms with E-state index in [-0.39, 0.29) is 12.3 Å². The van der Waals surface area contributed by atoms with Crippen molar-refractivity contribution in [2.75, 3.05) is 19.0 Å². The third-order valence-corrected chi connectivity index (χ3v) is 2.77. The molecule has 7 nitrogen and oxygen atoms in total. The standard InChI is InChI=1S/C15H14N2O5/c1-21-13-7-2-3-8-14(13)22-10-15(18)16-11-5-4-6-12(9-11)17(19)20/h2-9H,10H2,1H3,(H,16,18). The van der Waals surface area contributed by atoms with Gasteiger partial charge in [-0.2, -0.15) is 0 Å². The van der Waals surface area contributed by atoms with E-state index in [2.05, 4.69) is 5.32 Å². The molecule has 0 heterocycles. The van der Waals surface area contributed by atoms with Crippen molar-refractivity contribution in [3.63, 3.8) is 0 Å². The van der Waals surface area contributed by atoms with Crippen LogP contribution in [0.1, 0.15) is 0 Å². The third kappa shape index (κ3) is 3.95. The molecule has 0 unspecified atom stereocenters. The van der Waals surface area contributed by atoms with Crippen molar-refractivity contribution >= 4 is 17.3 Å². The summed E-state index contributed by atoms with van der Waals surface area (Å²) in [6.07, 6.45) is 0. The van der Waals surface area contributed by atoms with E-state index in [9.17, 15) is 14.9 Å². The molecule has 0 bridgehead atoms. The number of amides is 1. The Kier molecular flexibility index (Phi) is 4.92. The number of benzene rings is 2. The van der Waals surface area contributed by atoms with Gasteiger partial charge in [-0.05, 0) is 18.2 Å². The summed E-state index contributed by atoms with van der Waals surface area (Å²) in [6, 6.07) is 12.6. The molecule has 0 saturated carbocycles. The van der Waals surface area contributed by atoms with Gasteiger partial charge in [0.2, 0.25) is 0 Å². The molecule has 2 aromatic rings. The van der Waals surface area contributed by atoms with Gasteiger partial charge in [-0.1, -0.05) is 18.2 Å². The molecule has 7 heteroatoms. The number of nitrogens with one attached hydrogen (secondary N) is 1. The van der Waals surface area contributed by atoms with E-state index in [4.69, 9.17) is 9.47 Å². The minimum absolute atomic E-state index is 0.0940. The molecule has 114 valence electrons. The van der Waals surface area contributed by atoms with Gasteiger partial charge >= 0.3 is 0 Å². The van der Waals surface area contributed by atoms with Crippen LogP contribution in [0.5, 0.6) is 11.5 Å². The maximum Gasteiger partial charge on any atom is 0.271 e. The molecule has 0 atom stereocenters. The summed E-state index contributed by atoms with van der Waals surface area (Å²) >= 11 is 0. The number of ether oxygens (including phenoxy) is 2. The molecule has 0 aromatic heterocycles. The summed E-state index contributed by atoms with van der Waals surface area (Å²) in [7, 11) is 1.51. The van der Waals surface area contributed by atoms with E-state index >= 15 is 0 Å². The second-order valence-corrected chi connectivity index (χ2v) is 4.30. The van der Waals surface area contributed by atoms with Crippen molar-refractivity contribution in [1.29, 1.82) is 0 Å². The number of rotatable bonds is 6. The Morgan fingerprint density at radius 3 is 2.59 bits per heavy atom. The Bertz CT molecular complexity index is 687. The number of carbonyl (C=O) groups excluding carboxylic acids is 1. The van der Waals surface area contributed by atoms with Crippen LogP contribution in [0.2, 0.25) is 0 Å². The fourth-order valence-electron chi connectivity index (χ4n) is 1.78. The van der Waals surface area contributed by atoms with Crippen molar-refractivity contribution in [3.05, 3.63) is 58.6 Å². The van der Waals surface area contributed by atoms with Crippen LogP contribution in [0.15, 0.2) is 48.5 Å². The van der Waals surface area contributed by atoms with Crippen molar-refractivity contribution < 1.29 is 19.2 Å². The number of nitro groups is 1. The minimum atomic E-state index is -0.527. The molecule has 0 aliphatic carbocycles. The Labute approximate surface area is 126 Å². The summed E-state index contributed by atoms with van der Waals surface area (Å²) in [5, 5.41) is 13.2. The number of anilines is 1. The first-order chi connectivity index (χ1) is 10.6. The normalized spacial score (nSPS) is 9.86. The summed E-state index contributed by atoms with van der Waals surface area (Å²) in [5.41, 5.74) is 0.242. The zero-order valence-corrected chi connectivity index (χ0v) is 11.8. The van der Waals surface area contributed by atoms with Crippen LogP contribution >= 0.6 is 0 Å². The molecule has 2 aromatic carbocycles. The predicted octanol–water partition coefficient (Wildman–Crippen LogP) is 2.62. The molecule has 0 fully saturated rings. The number of carbonyl (C=O) groups is 1. The van der Waals surface area contributed by atoms with Gasteiger partial charge in [-0.3, -0.25) is 14.9 Å². The van der Waals surface area contributed by atoms with Crippen LogP contribution < -0.4 is 14.8 Å². The highest BCUT2D eigenvalue weighted by atomic mass is 16.6. The number of hydrogen-bond donors (Lipinski definition) is 1. The number of non-ortho nitro benzene ring substituents is 1. The van der Waals surface area contributed by atoms with Crippen LogP contribution in [0, 0.1) is 10.1 Å². The average Bonchev–Trinajstić information content (AvgIpc) is 2.53. The molecule has 1 N–H and O–H groups in total. The van der Waals surface area contributed by atoms with E-state index in [0.717, 1.165) is 0 Å². The van der Waals surface area contributed by atoms with E-state index in [1.165, 1.54) is 25.3 Å². The number of methoxy groups -OCH3 is 1. The molecule has 0 aliphatic rings. The van der Waals surface area contributed by atoms with Gasteiger partial charge in [0.1, 0.15) is 0 Å². The molecular weight excluding hydrogens is 288 g/mol. The Morgan fingerprint density at radius 1 is 1.18 bits per heavy atom. The van der Waals surface area contributed by atoms with Gasteiger partial charge < -0.3 is 14.8 Å². The smallest absolute Gasteiger partial charge is 0.271 e. The van der Waals surface area contributed by atoms with E-state index < -0.39 is 10.8 Å². The van der Waals surface area contributed by atoms with Crippen LogP contribution in [0.4, 0.5) is 11.4 Å². The first-order valence-corrected chi connectivity index (χ1v) is 6.40. The summed E-state index contributed by atoms with van der Waals surface area (Å²) < 4.78 is 10.5. The summed E-state index contributed by atoms with van der Waals surface area (Å²) in [6.45, 7) is -0.233. The molecule has 0 radical (unpaired) electrons. The van der Waals surface area contributed by atoms with Crippen LogP contribution in [-0.2, 0) is 4.79 Å². The quantitative estimate of drug-likeness (QED) is 0.654. The van der Waals surface area contributed by atoms with Gasteiger partial charge in [-0.15, -0.1) is 0 Å². The zero-order valence-electron chi connectivity index (χ0n) is 11.8. The Morgan fingerprint density at radius 2 is 1.91 bits per heavy atom. The molecule has 1 amide bonds. The zero-order chi connectivity index (χ0) is 15.9. The number of para-hydroxylation sites is 2. The molecule has 0 saturated heterocycles. The summed E-state index contributed by atoms with van der Waals surface area (Å²) in [5.74, 6) is 0.538. The van der Waals surface area contributed by atoms with Gasteiger partial charge in [0.05, 0.1) is 12.0 Å². The molecular formula is C15H14N2O5. The van der Waals surface area contributed by atoms with Gasteiger partial charge in [0.25, 0.3) is 11.6 Å². The van der Waals surface area contributed by atoms with Crippen molar-refractivity contribution in [2.45, 2.75) is 0 Å². The van der Waals surface area contributed by atoms with Crippen molar-refractivity contribution in [1.82, 2.24) is 0 Å². The molecule has 0 spiro atoms. The number of nitro benzene ring substituents is 1. The minimum Gasteiger partial charge on any atom is -0.493 e. The maximum absolute atomic E-state index is 11.8. The monoisotopic (exact) mass is 302 g/mol. The fourth-order valence-corrected chi connectivity index (χ4v) is 1.78.